The van der Waals surface area contributed by atoms with E-state index in [-0.39, 0.29) is 22.7 Å². The van der Waals surface area contributed by atoms with E-state index in [9.17, 15) is 10.1 Å². The molecule has 0 radical (unpaired) electrons. The van der Waals surface area contributed by atoms with Crippen LogP contribution in [-0.4, -0.2) is 15.9 Å². The smallest absolute Gasteiger partial charge is 0.311 e. The molecule has 18 heavy (non-hydrogen) atoms. The van der Waals surface area contributed by atoms with Crippen LogP contribution in [0.5, 0.6) is 0 Å². The molecular formula is C12H16ClN3O2. The summed E-state index contributed by atoms with van der Waals surface area (Å²) >= 11 is 5.80. The number of anilines is 1. The molecule has 1 fully saturated rings. The zero-order chi connectivity index (χ0) is 13.1. The van der Waals surface area contributed by atoms with Crippen LogP contribution in [0.3, 0.4) is 0 Å². The minimum Gasteiger partial charge on any atom is -0.361 e. The first-order valence-corrected chi connectivity index (χ1v) is 6.53. The van der Waals surface area contributed by atoms with Crippen LogP contribution < -0.4 is 5.32 Å². The predicted octanol–water partition coefficient (Wildman–Crippen LogP) is 3.63. The molecule has 0 amide bonds. The van der Waals surface area contributed by atoms with Crippen molar-refractivity contribution in [1.82, 2.24) is 4.98 Å². The summed E-state index contributed by atoms with van der Waals surface area (Å²) in [7, 11) is 0. The second kappa shape index (κ2) is 5.52. The average Bonchev–Trinajstić information content (AvgIpc) is 2.32. The van der Waals surface area contributed by atoms with E-state index in [2.05, 4.69) is 17.2 Å². The molecule has 0 bridgehead atoms. The number of nitrogens with zero attached hydrogens (tertiary/aromatic N) is 2. The summed E-state index contributed by atoms with van der Waals surface area (Å²) in [5.74, 6) is 0.783. The Kier molecular flexibility index (Phi) is 4.01. The number of halogens is 1. The molecule has 1 heterocycles. The number of nitrogens with one attached hydrogen (secondary N) is 1. The van der Waals surface area contributed by atoms with Crippen molar-refractivity contribution in [1.29, 1.82) is 0 Å². The number of pyridine rings is 1. The molecule has 0 aromatic carbocycles. The van der Waals surface area contributed by atoms with Gasteiger partial charge in [0.2, 0.25) is 5.82 Å². The molecular weight excluding hydrogens is 254 g/mol. The average molecular weight is 270 g/mol. The molecule has 1 aliphatic carbocycles. The maximum absolute atomic E-state index is 10.9. The fraction of sp³-hybridized carbons (Fsp3) is 0.583. The first-order valence-electron chi connectivity index (χ1n) is 6.15. The van der Waals surface area contributed by atoms with Crippen molar-refractivity contribution in [2.75, 3.05) is 5.32 Å². The number of hydrogen-bond acceptors (Lipinski definition) is 4. The van der Waals surface area contributed by atoms with Crippen LogP contribution in [0.1, 0.15) is 32.6 Å². The molecule has 98 valence electrons. The molecule has 5 nitrogen and oxygen atoms in total. The molecule has 2 rings (SSSR count). The molecule has 1 aromatic heterocycles. The van der Waals surface area contributed by atoms with Crippen LogP contribution >= 0.6 is 11.6 Å². The molecule has 0 saturated heterocycles. The minimum absolute atomic E-state index is 0.0165. The normalized spacial score (nSPS) is 23.7. The molecule has 6 heteroatoms. The van der Waals surface area contributed by atoms with Crippen molar-refractivity contribution in [2.24, 2.45) is 5.92 Å². The standard InChI is InChI=1S/C12H16ClN3O2/c1-8-4-2-3-5-9(8)14-12-10(16(17)18)6-7-11(13)15-12/h6-9H,2-5H2,1H3,(H,14,15). The van der Waals surface area contributed by atoms with E-state index in [4.69, 9.17) is 11.6 Å². The van der Waals surface area contributed by atoms with Gasteiger partial charge in [-0.3, -0.25) is 10.1 Å². The second-order valence-electron chi connectivity index (χ2n) is 4.77. The first kappa shape index (κ1) is 13.1. The fourth-order valence-corrected chi connectivity index (χ4v) is 2.54. The zero-order valence-corrected chi connectivity index (χ0v) is 11.0. The number of hydrogen-bond donors (Lipinski definition) is 1. The van der Waals surface area contributed by atoms with E-state index in [1.807, 2.05) is 0 Å². The van der Waals surface area contributed by atoms with E-state index < -0.39 is 4.92 Å². The Bertz CT molecular complexity index is 453. The van der Waals surface area contributed by atoms with Gasteiger partial charge in [0.05, 0.1) is 4.92 Å². The van der Waals surface area contributed by atoms with Crippen molar-refractivity contribution in [2.45, 2.75) is 38.6 Å². The molecule has 2 unspecified atom stereocenters. The lowest BCUT2D eigenvalue weighted by Crippen LogP contribution is -2.31. The maximum Gasteiger partial charge on any atom is 0.311 e. The van der Waals surface area contributed by atoms with Gasteiger partial charge in [0.25, 0.3) is 0 Å². The van der Waals surface area contributed by atoms with Gasteiger partial charge in [0, 0.05) is 12.1 Å². The maximum atomic E-state index is 10.9. The van der Waals surface area contributed by atoms with Gasteiger partial charge < -0.3 is 5.32 Å². The summed E-state index contributed by atoms with van der Waals surface area (Å²) in [5, 5.41) is 14.4. The van der Waals surface area contributed by atoms with Gasteiger partial charge >= 0.3 is 5.69 Å². The number of nitro groups is 1. The fourth-order valence-electron chi connectivity index (χ4n) is 2.39. The summed E-state index contributed by atoms with van der Waals surface area (Å²) < 4.78 is 0. The van der Waals surface area contributed by atoms with Crippen LogP contribution in [0.15, 0.2) is 12.1 Å². The lowest BCUT2D eigenvalue weighted by atomic mass is 9.86. The minimum atomic E-state index is -0.431. The highest BCUT2D eigenvalue weighted by atomic mass is 35.5. The summed E-state index contributed by atoms with van der Waals surface area (Å²) in [6, 6.07) is 3.07. The van der Waals surface area contributed by atoms with Crippen LogP contribution in [0.25, 0.3) is 0 Å². The Labute approximate surface area is 111 Å². The third kappa shape index (κ3) is 2.90. The third-order valence-corrected chi connectivity index (χ3v) is 3.68. The number of aromatic nitrogens is 1. The molecule has 1 N–H and O–H groups in total. The van der Waals surface area contributed by atoms with Crippen molar-refractivity contribution in [3.05, 3.63) is 27.4 Å². The van der Waals surface area contributed by atoms with E-state index in [0.29, 0.717) is 5.92 Å². The summed E-state index contributed by atoms with van der Waals surface area (Å²) in [6.07, 6.45) is 4.54. The first-order chi connectivity index (χ1) is 8.58. The highest BCUT2D eigenvalue weighted by molar-refractivity contribution is 6.29. The zero-order valence-electron chi connectivity index (χ0n) is 10.2. The Hall–Kier alpha value is -1.36. The van der Waals surface area contributed by atoms with Gasteiger partial charge in [-0.15, -0.1) is 0 Å². The summed E-state index contributed by atoms with van der Waals surface area (Å²) in [6.45, 7) is 2.16. The van der Waals surface area contributed by atoms with Crippen LogP contribution in [0.4, 0.5) is 11.5 Å². The Morgan fingerprint density at radius 1 is 1.44 bits per heavy atom. The van der Waals surface area contributed by atoms with Crippen molar-refractivity contribution >= 4 is 23.1 Å². The molecule has 0 spiro atoms. The van der Waals surface area contributed by atoms with E-state index in [0.717, 1.165) is 19.3 Å². The largest absolute Gasteiger partial charge is 0.361 e. The van der Waals surface area contributed by atoms with Crippen LogP contribution in [0, 0.1) is 16.0 Å². The van der Waals surface area contributed by atoms with Crippen LogP contribution in [-0.2, 0) is 0 Å². The summed E-state index contributed by atoms with van der Waals surface area (Å²) in [4.78, 5) is 14.5. The monoisotopic (exact) mass is 269 g/mol. The quantitative estimate of drug-likeness (QED) is 0.517. The molecule has 1 aliphatic rings. The van der Waals surface area contributed by atoms with E-state index >= 15 is 0 Å². The van der Waals surface area contributed by atoms with Gasteiger partial charge in [-0.2, -0.15) is 0 Å². The highest BCUT2D eigenvalue weighted by Crippen LogP contribution is 2.30. The molecule has 1 aromatic rings. The lowest BCUT2D eigenvalue weighted by Gasteiger charge is -2.29. The SMILES string of the molecule is CC1CCCCC1Nc1nc(Cl)ccc1[N+](=O)[O-]. The Morgan fingerprint density at radius 3 is 2.83 bits per heavy atom. The third-order valence-electron chi connectivity index (χ3n) is 3.47. The van der Waals surface area contributed by atoms with E-state index in [1.165, 1.54) is 18.6 Å². The Morgan fingerprint density at radius 2 is 2.17 bits per heavy atom. The predicted molar refractivity (Wildman–Crippen MR) is 70.9 cm³/mol. The van der Waals surface area contributed by atoms with Crippen molar-refractivity contribution in [3.63, 3.8) is 0 Å². The second-order valence-corrected chi connectivity index (χ2v) is 5.16. The molecule has 2 atom stereocenters. The molecule has 0 aliphatic heterocycles. The Balaban J connectivity index is 2.21. The van der Waals surface area contributed by atoms with Gasteiger partial charge in [0.1, 0.15) is 5.15 Å². The van der Waals surface area contributed by atoms with Gasteiger partial charge in [0.15, 0.2) is 0 Å². The number of rotatable bonds is 3. The van der Waals surface area contributed by atoms with Crippen molar-refractivity contribution < 1.29 is 4.92 Å². The molecule has 1 saturated carbocycles. The van der Waals surface area contributed by atoms with Gasteiger partial charge in [-0.1, -0.05) is 31.4 Å². The summed E-state index contributed by atoms with van der Waals surface area (Å²) in [5.41, 5.74) is -0.0165. The van der Waals surface area contributed by atoms with Gasteiger partial charge in [-0.05, 0) is 24.8 Å². The van der Waals surface area contributed by atoms with Crippen molar-refractivity contribution in [3.8, 4) is 0 Å². The highest BCUT2D eigenvalue weighted by Gasteiger charge is 2.25. The van der Waals surface area contributed by atoms with Crippen LogP contribution in [0.2, 0.25) is 5.15 Å². The van der Waals surface area contributed by atoms with Gasteiger partial charge in [-0.25, -0.2) is 4.98 Å². The van der Waals surface area contributed by atoms with E-state index in [1.54, 1.807) is 0 Å². The topological polar surface area (TPSA) is 68.1 Å². The lowest BCUT2D eigenvalue weighted by molar-refractivity contribution is -0.384.